The summed E-state index contributed by atoms with van der Waals surface area (Å²) in [5.41, 5.74) is 18.8. The first-order valence-corrected chi connectivity index (χ1v) is 31.3. The minimum absolute atomic E-state index is 0.659. The van der Waals surface area contributed by atoms with Crippen molar-refractivity contribution in [3.8, 4) is 89.8 Å². The van der Waals surface area contributed by atoms with Crippen LogP contribution in [0.25, 0.3) is 198 Å². The smallest absolute Gasteiger partial charge is 0.161 e. The van der Waals surface area contributed by atoms with E-state index in [2.05, 4.69) is 303 Å². The number of nitrogens with zero attached hydrogens (tertiary/aromatic N) is 3. The van der Waals surface area contributed by atoms with Crippen molar-refractivity contribution in [1.82, 2.24) is 15.0 Å². The average Bonchev–Trinajstić information content (AvgIpc) is 0.888. The van der Waals surface area contributed by atoms with E-state index in [0.717, 1.165) is 171 Å². The Kier molecular flexibility index (Phi) is 11.6. The highest BCUT2D eigenvalue weighted by atomic mass is 16.3. The van der Waals surface area contributed by atoms with Crippen LogP contribution in [0, 0.1) is 0 Å². The Bertz CT molecular complexity index is 6160. The van der Waals surface area contributed by atoms with Gasteiger partial charge >= 0.3 is 0 Å². The summed E-state index contributed by atoms with van der Waals surface area (Å²) in [6.07, 6.45) is 0. The number of benzene rings is 15. The molecule has 15 aromatic carbocycles. The zero-order chi connectivity index (χ0) is 60.4. The summed E-state index contributed by atoms with van der Waals surface area (Å²) in [5, 5.41) is 18.1. The second-order valence-electron chi connectivity index (χ2n) is 24.1. The van der Waals surface area contributed by atoms with Crippen molar-refractivity contribution in [2.24, 2.45) is 0 Å². The van der Waals surface area contributed by atoms with Gasteiger partial charge in [0.1, 0.15) is 22.3 Å². The number of rotatable bonds is 8. The van der Waals surface area contributed by atoms with Gasteiger partial charge in [0.05, 0.1) is 22.8 Å². The molecule has 0 saturated heterocycles. The van der Waals surface area contributed by atoms with Gasteiger partial charge in [-0.3, -0.25) is 0 Å². The number of furan rings is 2. The van der Waals surface area contributed by atoms with Crippen LogP contribution in [0.2, 0.25) is 0 Å². The number of hydrogen-bond acceptors (Lipinski definition) is 5. The van der Waals surface area contributed by atoms with Gasteiger partial charge in [-0.05, 0) is 177 Å². The highest BCUT2D eigenvalue weighted by Gasteiger charge is 2.23. The number of fused-ring (bicyclic) bond motifs is 12. The largest absolute Gasteiger partial charge is 0.456 e. The molecule has 0 spiro atoms. The summed E-state index contributed by atoms with van der Waals surface area (Å²) in [7, 11) is 0. The topological polar surface area (TPSA) is 65.0 Å². The van der Waals surface area contributed by atoms with Crippen LogP contribution < -0.4 is 0 Å². The SMILES string of the molecule is c1ccc(-c2cc(-c3cccc(-c4cccc(-c5cccc(-c6c7ccccc7c(-c7ccc8c(c7)oc7cc9ccccc9cc78)c7ccccc67)n5)c4)c3)nc(-c3c4ccccc4c(-c4ccc5c(c4)oc4cc6ccccc6cc45)c4ccccc34)n2)cc1. The fourth-order valence-electron chi connectivity index (χ4n) is 14.5. The van der Waals surface area contributed by atoms with Gasteiger partial charge in [0.15, 0.2) is 5.82 Å². The van der Waals surface area contributed by atoms with E-state index in [1.807, 2.05) is 6.07 Å². The van der Waals surface area contributed by atoms with Gasteiger partial charge in [0.2, 0.25) is 0 Å². The molecule has 19 aromatic rings. The molecule has 0 saturated carbocycles. The van der Waals surface area contributed by atoms with Gasteiger partial charge in [-0.2, -0.15) is 0 Å². The standard InChI is InChI=1S/C87H51N3O2/c1-2-19-52(20-3-1)77-51-78(90-87(89-77)86-71-35-14-10-31-67(71)84(68-32-11-15-36-72(68)86)62-40-42-64-74-46-56-22-5-7-24-58(56)48-82(74)92-80(64)50-62)60-28-17-26-54(44-60)53-25-16-27-59(43-53)75-37-18-38-76(88-75)85-69-33-12-8-29-65(69)83(66-30-9-13-34-70(66)85)61-39-41-63-73-45-55-21-4-6-23-57(55)47-81(73)91-79(63)49-61/h1-51H. The van der Waals surface area contributed by atoms with Crippen LogP contribution in [0.15, 0.2) is 318 Å². The third-order valence-corrected chi connectivity index (χ3v) is 18.8. The first-order chi connectivity index (χ1) is 45.6. The van der Waals surface area contributed by atoms with Crippen molar-refractivity contribution in [3.05, 3.63) is 309 Å². The van der Waals surface area contributed by atoms with Crippen molar-refractivity contribution in [2.45, 2.75) is 0 Å². The lowest BCUT2D eigenvalue weighted by Crippen LogP contribution is -1.98. The number of aromatic nitrogens is 3. The molecule has 0 aliphatic rings. The van der Waals surface area contributed by atoms with Gasteiger partial charge in [0.25, 0.3) is 0 Å². The Morgan fingerprint density at radius 2 is 0.533 bits per heavy atom. The van der Waals surface area contributed by atoms with E-state index >= 15 is 0 Å². The molecule has 0 N–H and O–H groups in total. The molecule has 0 amide bonds. The molecule has 0 bridgehead atoms. The normalized spacial score (nSPS) is 11.9. The fourth-order valence-corrected chi connectivity index (χ4v) is 14.5. The maximum absolute atomic E-state index is 6.67. The number of pyridine rings is 1. The van der Waals surface area contributed by atoms with Gasteiger partial charge < -0.3 is 8.83 Å². The summed E-state index contributed by atoms with van der Waals surface area (Å²) in [4.78, 5) is 16.6. The Morgan fingerprint density at radius 3 is 1.02 bits per heavy atom. The molecule has 5 heteroatoms. The highest BCUT2D eigenvalue weighted by molar-refractivity contribution is 6.24. The molecule has 0 fully saturated rings. The van der Waals surface area contributed by atoms with Crippen molar-refractivity contribution in [2.75, 3.05) is 0 Å². The zero-order valence-electron chi connectivity index (χ0n) is 49.6. The number of hydrogen-bond donors (Lipinski definition) is 0. The molecule has 4 heterocycles. The second-order valence-corrected chi connectivity index (χ2v) is 24.1. The summed E-state index contributed by atoms with van der Waals surface area (Å²) in [5.74, 6) is 0.659. The molecule has 0 aliphatic heterocycles. The van der Waals surface area contributed by atoms with Gasteiger partial charge in [-0.25, -0.2) is 15.0 Å². The minimum atomic E-state index is 0.659. The molecule has 4 aromatic heterocycles. The third kappa shape index (κ3) is 8.37. The summed E-state index contributed by atoms with van der Waals surface area (Å²) >= 11 is 0. The summed E-state index contributed by atoms with van der Waals surface area (Å²) in [6.45, 7) is 0. The van der Waals surface area contributed by atoms with Gasteiger partial charge in [0, 0.05) is 49.4 Å². The Labute approximate surface area is 528 Å². The molecule has 0 unspecified atom stereocenters. The third-order valence-electron chi connectivity index (χ3n) is 18.8. The Hall–Kier alpha value is -12.3. The van der Waals surface area contributed by atoms with Crippen LogP contribution in [0.4, 0.5) is 0 Å². The molecule has 0 aliphatic carbocycles. The van der Waals surface area contributed by atoms with Crippen molar-refractivity contribution in [3.63, 3.8) is 0 Å². The molecular weight excluding hydrogens is 1120 g/mol. The van der Waals surface area contributed by atoms with E-state index in [0.29, 0.717) is 5.82 Å². The molecule has 92 heavy (non-hydrogen) atoms. The first-order valence-electron chi connectivity index (χ1n) is 31.3. The molecule has 5 nitrogen and oxygen atoms in total. The predicted molar refractivity (Wildman–Crippen MR) is 383 cm³/mol. The van der Waals surface area contributed by atoms with E-state index in [1.54, 1.807) is 0 Å². The van der Waals surface area contributed by atoms with E-state index in [1.165, 1.54) is 21.7 Å². The van der Waals surface area contributed by atoms with Crippen molar-refractivity contribution in [1.29, 1.82) is 0 Å². The molecule has 426 valence electrons. The summed E-state index contributed by atoms with van der Waals surface area (Å²) < 4.78 is 13.3. The van der Waals surface area contributed by atoms with E-state index in [9.17, 15) is 0 Å². The second kappa shape index (κ2) is 20.6. The van der Waals surface area contributed by atoms with E-state index < -0.39 is 0 Å². The summed E-state index contributed by atoms with van der Waals surface area (Å²) in [6, 6.07) is 111. The molecule has 0 atom stereocenters. The quantitative estimate of drug-likeness (QED) is 0.142. The van der Waals surface area contributed by atoms with Crippen LogP contribution in [0.1, 0.15) is 0 Å². The monoisotopic (exact) mass is 1170 g/mol. The predicted octanol–water partition coefficient (Wildman–Crippen LogP) is 23.9. The van der Waals surface area contributed by atoms with Crippen LogP contribution in [-0.2, 0) is 0 Å². The maximum atomic E-state index is 6.67. The Balaban J connectivity index is 0.702. The zero-order valence-corrected chi connectivity index (χ0v) is 49.6. The van der Waals surface area contributed by atoms with Gasteiger partial charge in [-0.1, -0.05) is 231 Å². The van der Waals surface area contributed by atoms with E-state index in [4.69, 9.17) is 23.8 Å². The highest BCUT2D eigenvalue weighted by Crippen LogP contribution is 2.48. The Morgan fingerprint density at radius 1 is 0.174 bits per heavy atom. The molecule has 19 rings (SSSR count). The lowest BCUT2D eigenvalue weighted by molar-refractivity contribution is 0.669. The lowest BCUT2D eigenvalue weighted by atomic mass is 9.87. The molecular formula is C87H51N3O2. The average molecular weight is 1170 g/mol. The van der Waals surface area contributed by atoms with Crippen molar-refractivity contribution >= 4 is 109 Å². The maximum Gasteiger partial charge on any atom is 0.161 e. The lowest BCUT2D eigenvalue weighted by Gasteiger charge is -2.18. The van der Waals surface area contributed by atoms with Crippen LogP contribution >= 0.6 is 0 Å². The van der Waals surface area contributed by atoms with Gasteiger partial charge in [-0.15, -0.1) is 0 Å². The fraction of sp³-hybridized carbons (Fsp3) is 0. The first kappa shape index (κ1) is 51.7. The van der Waals surface area contributed by atoms with Crippen LogP contribution in [0.5, 0.6) is 0 Å². The van der Waals surface area contributed by atoms with Crippen molar-refractivity contribution < 1.29 is 8.83 Å². The van der Waals surface area contributed by atoms with Crippen LogP contribution in [0.3, 0.4) is 0 Å². The van der Waals surface area contributed by atoms with E-state index in [-0.39, 0.29) is 0 Å². The minimum Gasteiger partial charge on any atom is -0.456 e. The molecule has 0 radical (unpaired) electrons. The van der Waals surface area contributed by atoms with Crippen LogP contribution in [-0.4, -0.2) is 15.0 Å².